The third kappa shape index (κ3) is 7.65. The van der Waals surface area contributed by atoms with Crippen molar-refractivity contribution in [1.82, 2.24) is 10.2 Å². The first-order valence-corrected chi connectivity index (χ1v) is 6.07. The Morgan fingerprint density at radius 2 is 2.00 bits per heavy atom. The molecule has 0 radical (unpaired) electrons. The number of carbonyl (C=O) groups excluding carboxylic acids is 1. The zero-order chi connectivity index (χ0) is 12.6. The molecule has 0 saturated heterocycles. The molecule has 0 saturated carbocycles. The van der Waals surface area contributed by atoms with Gasteiger partial charge in [-0.3, -0.25) is 4.79 Å². The van der Waals surface area contributed by atoms with Gasteiger partial charge < -0.3 is 15.0 Å². The predicted molar refractivity (Wildman–Crippen MR) is 66.5 cm³/mol. The number of ether oxygens (including phenoxy) is 1. The van der Waals surface area contributed by atoms with Crippen molar-refractivity contribution in [3.8, 4) is 0 Å². The molecule has 0 aromatic rings. The van der Waals surface area contributed by atoms with Gasteiger partial charge in [0, 0.05) is 19.1 Å². The Labute approximate surface area is 99.3 Å². The molecule has 0 aliphatic rings. The number of carbonyl (C=O) groups is 1. The summed E-state index contributed by atoms with van der Waals surface area (Å²) in [4.78, 5) is 13.5. The van der Waals surface area contributed by atoms with E-state index in [1.54, 1.807) is 0 Å². The fourth-order valence-corrected chi connectivity index (χ4v) is 1.28. The summed E-state index contributed by atoms with van der Waals surface area (Å²) in [7, 11) is 2.10. The molecule has 4 nitrogen and oxygen atoms in total. The van der Waals surface area contributed by atoms with Gasteiger partial charge in [-0.1, -0.05) is 6.92 Å². The van der Waals surface area contributed by atoms with Crippen molar-refractivity contribution in [1.29, 1.82) is 0 Å². The Morgan fingerprint density at radius 1 is 1.38 bits per heavy atom. The molecule has 16 heavy (non-hydrogen) atoms. The Bertz CT molecular complexity index is 195. The lowest BCUT2D eigenvalue weighted by Gasteiger charge is -2.23. The minimum Gasteiger partial charge on any atom is -0.462 e. The van der Waals surface area contributed by atoms with Gasteiger partial charge in [-0.2, -0.15) is 0 Å². The van der Waals surface area contributed by atoms with E-state index in [2.05, 4.69) is 31.1 Å². The summed E-state index contributed by atoms with van der Waals surface area (Å²) >= 11 is 0. The quantitative estimate of drug-likeness (QED) is 0.503. The number of nitrogens with zero attached hydrogens (tertiary/aromatic N) is 1. The summed E-state index contributed by atoms with van der Waals surface area (Å²) in [5.74, 6) is -0.179. The summed E-state index contributed by atoms with van der Waals surface area (Å²) in [6, 6.07) is 0.587. The number of esters is 1. The molecule has 1 unspecified atom stereocenters. The maximum atomic E-state index is 11.2. The predicted octanol–water partition coefficient (Wildman–Crippen LogP) is 1.26. The number of hydrogen-bond donors (Lipinski definition) is 1. The average Bonchev–Trinajstić information content (AvgIpc) is 2.21. The molecule has 0 aliphatic carbocycles. The fraction of sp³-hybridized carbons (Fsp3) is 0.917. The summed E-state index contributed by atoms with van der Waals surface area (Å²) in [5.41, 5.74) is 0. The Balaban J connectivity index is 3.49. The minimum absolute atomic E-state index is 0.0305. The highest BCUT2D eigenvalue weighted by molar-refractivity contribution is 5.71. The van der Waals surface area contributed by atoms with Crippen molar-refractivity contribution in [2.45, 2.75) is 46.3 Å². The third-order valence-corrected chi connectivity index (χ3v) is 2.62. The van der Waals surface area contributed by atoms with Crippen LogP contribution in [0.2, 0.25) is 0 Å². The van der Waals surface area contributed by atoms with Gasteiger partial charge in [0.2, 0.25) is 0 Å². The van der Waals surface area contributed by atoms with Crippen molar-refractivity contribution in [3.05, 3.63) is 0 Å². The van der Waals surface area contributed by atoms with Crippen molar-refractivity contribution in [2.24, 2.45) is 0 Å². The third-order valence-electron chi connectivity index (χ3n) is 2.62. The van der Waals surface area contributed by atoms with Gasteiger partial charge >= 0.3 is 5.97 Å². The molecule has 96 valence electrons. The molecule has 0 amide bonds. The van der Waals surface area contributed by atoms with Crippen LogP contribution >= 0.6 is 0 Å². The van der Waals surface area contributed by atoms with Gasteiger partial charge in [-0.25, -0.2) is 0 Å². The molecule has 1 N–H and O–H groups in total. The smallest absolute Gasteiger partial charge is 0.320 e. The van der Waals surface area contributed by atoms with Gasteiger partial charge in [0.1, 0.15) is 0 Å². The molecule has 1 atom stereocenters. The van der Waals surface area contributed by atoms with E-state index in [-0.39, 0.29) is 12.1 Å². The van der Waals surface area contributed by atoms with E-state index in [9.17, 15) is 4.79 Å². The second-order valence-corrected chi connectivity index (χ2v) is 4.45. The molecule has 0 fully saturated rings. The Hall–Kier alpha value is -0.610. The van der Waals surface area contributed by atoms with Gasteiger partial charge in [0.05, 0.1) is 12.6 Å². The van der Waals surface area contributed by atoms with Crippen molar-refractivity contribution in [2.75, 3.05) is 26.7 Å². The first kappa shape index (κ1) is 15.4. The SMILES string of the molecule is CCC(C)N(C)CCNCC(=O)OC(C)C. The summed E-state index contributed by atoms with van der Waals surface area (Å²) in [6.45, 7) is 10.1. The Kier molecular flexibility index (Phi) is 8.21. The number of nitrogens with one attached hydrogen (secondary N) is 1. The van der Waals surface area contributed by atoms with E-state index in [4.69, 9.17) is 4.74 Å². The molecular weight excluding hydrogens is 204 g/mol. The highest BCUT2D eigenvalue weighted by Gasteiger charge is 2.07. The zero-order valence-electron chi connectivity index (χ0n) is 11.2. The van der Waals surface area contributed by atoms with E-state index < -0.39 is 0 Å². The van der Waals surface area contributed by atoms with Crippen LogP contribution in [0.4, 0.5) is 0 Å². The zero-order valence-corrected chi connectivity index (χ0v) is 11.2. The lowest BCUT2D eigenvalue weighted by atomic mass is 10.2. The monoisotopic (exact) mass is 230 g/mol. The standard InChI is InChI=1S/C12H26N2O2/c1-6-11(4)14(5)8-7-13-9-12(15)16-10(2)3/h10-11,13H,6-9H2,1-5H3. The topological polar surface area (TPSA) is 41.6 Å². The lowest BCUT2D eigenvalue weighted by Crippen LogP contribution is -2.37. The van der Waals surface area contributed by atoms with Gasteiger partial charge in [0.25, 0.3) is 0 Å². The second kappa shape index (κ2) is 8.53. The van der Waals surface area contributed by atoms with Gasteiger partial charge in [0.15, 0.2) is 0 Å². The minimum atomic E-state index is -0.179. The van der Waals surface area contributed by atoms with Crippen LogP contribution in [0.1, 0.15) is 34.1 Å². The van der Waals surface area contributed by atoms with E-state index >= 15 is 0 Å². The maximum absolute atomic E-state index is 11.2. The fourth-order valence-electron chi connectivity index (χ4n) is 1.28. The summed E-state index contributed by atoms with van der Waals surface area (Å²) in [6.07, 6.45) is 1.11. The first-order chi connectivity index (χ1) is 7.47. The second-order valence-electron chi connectivity index (χ2n) is 4.45. The first-order valence-electron chi connectivity index (χ1n) is 6.07. The van der Waals surface area contributed by atoms with Crippen LogP contribution in [0, 0.1) is 0 Å². The number of hydrogen-bond acceptors (Lipinski definition) is 4. The van der Waals surface area contributed by atoms with Crippen LogP contribution in [-0.4, -0.2) is 49.7 Å². The van der Waals surface area contributed by atoms with Crippen LogP contribution in [-0.2, 0) is 9.53 Å². The van der Waals surface area contributed by atoms with Crippen LogP contribution < -0.4 is 5.32 Å². The van der Waals surface area contributed by atoms with Crippen LogP contribution in [0.15, 0.2) is 0 Å². The van der Waals surface area contributed by atoms with Gasteiger partial charge in [-0.15, -0.1) is 0 Å². The van der Waals surface area contributed by atoms with Crippen molar-refractivity contribution in [3.63, 3.8) is 0 Å². The van der Waals surface area contributed by atoms with E-state index in [1.165, 1.54) is 0 Å². The van der Waals surface area contributed by atoms with E-state index in [0.717, 1.165) is 19.5 Å². The van der Waals surface area contributed by atoms with Gasteiger partial charge in [-0.05, 0) is 34.2 Å². The number of rotatable bonds is 8. The molecule has 0 rings (SSSR count). The average molecular weight is 230 g/mol. The normalized spacial score (nSPS) is 13.2. The van der Waals surface area contributed by atoms with Crippen LogP contribution in [0.3, 0.4) is 0 Å². The summed E-state index contributed by atoms with van der Waals surface area (Å²) in [5, 5.41) is 3.08. The molecule has 0 spiro atoms. The van der Waals surface area contributed by atoms with Crippen molar-refractivity contribution >= 4 is 5.97 Å². The molecule has 0 bridgehead atoms. The molecule has 0 aliphatic heterocycles. The number of likely N-dealkylation sites (N-methyl/N-ethyl adjacent to an activating group) is 1. The molecule has 0 aromatic heterocycles. The molecule has 0 heterocycles. The molecule has 0 aromatic carbocycles. The van der Waals surface area contributed by atoms with Crippen molar-refractivity contribution < 1.29 is 9.53 Å². The van der Waals surface area contributed by atoms with Crippen LogP contribution in [0.25, 0.3) is 0 Å². The lowest BCUT2D eigenvalue weighted by molar-refractivity contribution is -0.146. The largest absolute Gasteiger partial charge is 0.462 e. The Morgan fingerprint density at radius 3 is 2.50 bits per heavy atom. The maximum Gasteiger partial charge on any atom is 0.320 e. The molecular formula is C12H26N2O2. The molecule has 4 heteroatoms. The van der Waals surface area contributed by atoms with Crippen LogP contribution in [0.5, 0.6) is 0 Å². The van der Waals surface area contributed by atoms with E-state index in [0.29, 0.717) is 12.6 Å². The summed E-state index contributed by atoms with van der Waals surface area (Å²) < 4.78 is 5.01. The highest BCUT2D eigenvalue weighted by atomic mass is 16.5. The highest BCUT2D eigenvalue weighted by Crippen LogP contribution is 1.98. The van der Waals surface area contributed by atoms with E-state index in [1.807, 2.05) is 13.8 Å².